The first kappa shape index (κ1) is 44.5. The average molecular weight is 969 g/mol. The summed E-state index contributed by atoms with van der Waals surface area (Å²) < 4.78 is 50.9. The van der Waals surface area contributed by atoms with Crippen molar-refractivity contribution in [2.24, 2.45) is 0 Å². The van der Waals surface area contributed by atoms with E-state index >= 15 is 0 Å². The summed E-state index contributed by atoms with van der Waals surface area (Å²) >= 11 is 0. The second kappa shape index (κ2) is 17.7. The van der Waals surface area contributed by atoms with Gasteiger partial charge in [-0.2, -0.15) is 0 Å². The summed E-state index contributed by atoms with van der Waals surface area (Å²) in [4.78, 5) is 0. The molecule has 9 aliphatic heterocycles. The lowest BCUT2D eigenvalue weighted by molar-refractivity contribution is 0.163. The van der Waals surface area contributed by atoms with Gasteiger partial charge in [0, 0.05) is 27.5 Å². The van der Waals surface area contributed by atoms with Gasteiger partial charge in [0.1, 0.15) is 80.5 Å². The molecule has 20 rings (SSSR count). The van der Waals surface area contributed by atoms with E-state index in [0.29, 0.717) is 69.0 Å². The highest BCUT2D eigenvalue weighted by Gasteiger charge is 2.44. The SMILES string of the molecule is COc1ccc2c(c1)C(C)(C)c1c3c(c4cc(C)ccc4c1-2)OC1(C=C3)c2ccc(cc2)Oc2ccc(cc2)Oc2ccc(cc2)Oc2ccc(cc2)Oc2ccc(cc2)Oc2ccc(cc2)Oc2ccc1cc2. The second-order valence-corrected chi connectivity index (χ2v) is 19.3. The number of fused-ring (bicyclic) bond motifs is 15. The fraction of sp³-hybridized carbons (Fsp3) is 0.0909. The first-order valence-electron chi connectivity index (χ1n) is 24.6. The third-order valence-corrected chi connectivity index (χ3v) is 14.1. The standard InChI is InChI=1S/C66H48O8/c1-41-5-35-57-60(39-41)64-59(63-62(57)58-36-34-56(67-4)40-61(58)65(63,2)3)37-38-66(74-64)42-6-10-44(11-7-42)68-46-14-18-48(19-15-46)70-50-22-26-52(27-23-50)72-54-30-32-55(33-31-54)73-53-28-24-51(25-29-53)71-49-20-16-47(17-21-49)69-45-12-8-43(66)9-13-45/h5-40H,1-4H3. The lowest BCUT2D eigenvalue weighted by atomic mass is 9.76. The van der Waals surface area contributed by atoms with Gasteiger partial charge in [-0.3, -0.25) is 0 Å². The van der Waals surface area contributed by atoms with Crippen LogP contribution in [0.25, 0.3) is 28.0 Å². The van der Waals surface area contributed by atoms with Gasteiger partial charge in [0.25, 0.3) is 0 Å². The summed E-state index contributed by atoms with van der Waals surface area (Å²) in [6, 6.07) is 67.1. The minimum Gasteiger partial charge on any atom is -0.497 e. The number of rotatable bonds is 1. The van der Waals surface area contributed by atoms with Crippen molar-refractivity contribution in [3.63, 3.8) is 0 Å². The van der Waals surface area contributed by atoms with E-state index in [1.807, 2.05) is 146 Å². The highest BCUT2D eigenvalue weighted by molar-refractivity contribution is 6.08. The first-order chi connectivity index (χ1) is 36.1. The molecule has 9 heterocycles. The predicted molar refractivity (Wildman–Crippen MR) is 289 cm³/mol. The minimum atomic E-state index is -1.04. The maximum absolute atomic E-state index is 7.67. The highest BCUT2D eigenvalue weighted by Crippen LogP contribution is 2.59. The quantitative estimate of drug-likeness (QED) is 0.161. The van der Waals surface area contributed by atoms with Crippen LogP contribution in [0.2, 0.25) is 0 Å². The summed E-state index contributed by atoms with van der Waals surface area (Å²) in [5.41, 5.74) is 7.60. The van der Waals surface area contributed by atoms with E-state index in [9.17, 15) is 0 Å². The Balaban J connectivity index is 0.873. The van der Waals surface area contributed by atoms with E-state index < -0.39 is 5.60 Å². The number of methoxy groups -OCH3 is 1. The molecule has 14 bridgehead atoms. The molecule has 360 valence electrons. The van der Waals surface area contributed by atoms with Crippen LogP contribution in [0.1, 0.15) is 47.2 Å². The molecule has 1 spiro atoms. The molecule has 0 N–H and O–H groups in total. The van der Waals surface area contributed by atoms with Gasteiger partial charge in [-0.1, -0.05) is 68.0 Å². The van der Waals surface area contributed by atoms with Gasteiger partial charge in [0.2, 0.25) is 0 Å². The van der Waals surface area contributed by atoms with Gasteiger partial charge in [-0.25, -0.2) is 0 Å². The average Bonchev–Trinajstić information content (AvgIpc) is 3.73. The third-order valence-electron chi connectivity index (χ3n) is 14.1. The number of benzene rings is 10. The van der Waals surface area contributed by atoms with Crippen molar-refractivity contribution in [1.82, 2.24) is 0 Å². The molecule has 74 heavy (non-hydrogen) atoms. The number of ether oxygens (including phenoxy) is 8. The highest BCUT2D eigenvalue weighted by atomic mass is 16.5. The zero-order chi connectivity index (χ0) is 50.0. The van der Waals surface area contributed by atoms with Gasteiger partial charge in [0.05, 0.1) is 7.11 Å². The monoisotopic (exact) mass is 968 g/mol. The van der Waals surface area contributed by atoms with E-state index in [1.165, 1.54) is 22.3 Å². The molecule has 8 nitrogen and oxygen atoms in total. The smallest absolute Gasteiger partial charge is 0.178 e. The Morgan fingerprint density at radius 2 is 0.757 bits per heavy atom. The molecular formula is C66H48O8. The van der Waals surface area contributed by atoms with Crippen LogP contribution in [-0.2, 0) is 11.0 Å². The van der Waals surface area contributed by atoms with Crippen molar-refractivity contribution in [3.8, 4) is 91.6 Å². The summed E-state index contributed by atoms with van der Waals surface area (Å²) in [6.45, 7) is 6.74. The lowest BCUT2D eigenvalue weighted by Crippen LogP contribution is -2.35. The maximum Gasteiger partial charge on any atom is 0.178 e. The Labute approximate surface area is 429 Å². The Morgan fingerprint density at radius 3 is 1.12 bits per heavy atom. The van der Waals surface area contributed by atoms with Crippen molar-refractivity contribution >= 4 is 16.8 Å². The molecule has 0 aromatic heterocycles. The lowest BCUT2D eigenvalue weighted by Gasteiger charge is -2.38. The molecule has 0 radical (unpaired) electrons. The van der Waals surface area contributed by atoms with Crippen LogP contribution in [0.3, 0.4) is 0 Å². The van der Waals surface area contributed by atoms with Crippen molar-refractivity contribution in [3.05, 3.63) is 246 Å². The van der Waals surface area contributed by atoms with Gasteiger partial charge >= 0.3 is 0 Å². The first-order valence-corrected chi connectivity index (χ1v) is 24.6. The van der Waals surface area contributed by atoms with Crippen molar-refractivity contribution in [1.29, 1.82) is 0 Å². The molecule has 0 atom stereocenters. The molecule has 0 saturated heterocycles. The zero-order valence-electron chi connectivity index (χ0n) is 41.1. The Hall–Kier alpha value is -9.40. The van der Waals surface area contributed by atoms with Gasteiger partial charge in [0.15, 0.2) is 5.60 Å². The molecule has 10 aromatic rings. The van der Waals surface area contributed by atoms with E-state index in [2.05, 4.69) is 93.6 Å². The van der Waals surface area contributed by atoms with Crippen molar-refractivity contribution in [2.45, 2.75) is 31.8 Å². The molecule has 8 heteroatoms. The molecule has 0 saturated carbocycles. The van der Waals surface area contributed by atoms with Gasteiger partial charge < -0.3 is 37.9 Å². The van der Waals surface area contributed by atoms with Crippen LogP contribution < -0.4 is 37.9 Å². The van der Waals surface area contributed by atoms with Crippen LogP contribution >= 0.6 is 0 Å². The second-order valence-electron chi connectivity index (χ2n) is 19.3. The van der Waals surface area contributed by atoms with E-state index in [1.54, 1.807) is 7.11 Å². The van der Waals surface area contributed by atoms with Crippen LogP contribution in [0.4, 0.5) is 0 Å². The summed E-state index contributed by atoms with van der Waals surface area (Å²) in [5.74, 6) is 9.76. The normalized spacial score (nSPS) is 14.3. The predicted octanol–water partition coefficient (Wildman–Crippen LogP) is 17.9. The zero-order valence-corrected chi connectivity index (χ0v) is 41.1. The van der Waals surface area contributed by atoms with E-state index in [-0.39, 0.29) is 5.41 Å². The maximum atomic E-state index is 7.67. The fourth-order valence-corrected chi connectivity index (χ4v) is 10.4. The van der Waals surface area contributed by atoms with Crippen LogP contribution in [0.5, 0.6) is 80.5 Å². The largest absolute Gasteiger partial charge is 0.497 e. The minimum absolute atomic E-state index is 0.344. The van der Waals surface area contributed by atoms with Gasteiger partial charge in [-0.05, 0) is 204 Å². The molecule has 0 amide bonds. The number of aryl methyl sites for hydroxylation is 1. The fourth-order valence-electron chi connectivity index (χ4n) is 10.4. The van der Waals surface area contributed by atoms with E-state index in [4.69, 9.17) is 37.9 Å². The van der Waals surface area contributed by atoms with Gasteiger partial charge in [-0.15, -0.1) is 0 Å². The number of hydrogen-bond acceptors (Lipinski definition) is 8. The van der Waals surface area contributed by atoms with Crippen LogP contribution in [0, 0.1) is 6.92 Å². The number of hydrogen-bond donors (Lipinski definition) is 0. The molecule has 10 aliphatic rings. The Bertz CT molecular complexity index is 3610. The molecule has 0 fully saturated rings. The van der Waals surface area contributed by atoms with E-state index in [0.717, 1.165) is 44.5 Å². The summed E-state index contributed by atoms with van der Waals surface area (Å²) in [5, 5.41) is 2.20. The third kappa shape index (κ3) is 8.07. The molecular weight excluding hydrogens is 921 g/mol. The van der Waals surface area contributed by atoms with Crippen molar-refractivity contribution in [2.75, 3.05) is 7.11 Å². The molecule has 1 aliphatic carbocycles. The molecule has 10 aromatic carbocycles. The Morgan fingerprint density at radius 1 is 0.392 bits per heavy atom. The van der Waals surface area contributed by atoms with Crippen LogP contribution in [0.15, 0.2) is 212 Å². The summed E-state index contributed by atoms with van der Waals surface area (Å²) in [6.07, 6.45) is 4.47. The Kier molecular flexibility index (Phi) is 10.7. The molecule has 0 unspecified atom stereocenters. The summed E-state index contributed by atoms with van der Waals surface area (Å²) in [7, 11) is 1.72. The topological polar surface area (TPSA) is 73.8 Å². The van der Waals surface area contributed by atoms with Crippen LogP contribution in [-0.4, -0.2) is 7.11 Å². The van der Waals surface area contributed by atoms with Crippen molar-refractivity contribution < 1.29 is 37.9 Å².